The van der Waals surface area contributed by atoms with Crippen molar-refractivity contribution in [2.75, 3.05) is 6.54 Å². The average molecular weight is 342 g/mol. The molecule has 1 unspecified atom stereocenters. The van der Waals surface area contributed by atoms with Gasteiger partial charge in [-0.15, -0.1) is 11.3 Å². The van der Waals surface area contributed by atoms with Crippen LogP contribution in [-0.4, -0.2) is 12.6 Å². The van der Waals surface area contributed by atoms with Crippen molar-refractivity contribution in [3.63, 3.8) is 0 Å². The summed E-state index contributed by atoms with van der Waals surface area (Å²) in [6.45, 7) is 2.98. The minimum Gasteiger partial charge on any atom is -0.314 e. The smallest absolute Gasteiger partial charge is 0.126 e. The minimum absolute atomic E-state index is 0.113. The van der Waals surface area contributed by atoms with Crippen LogP contribution in [0.1, 0.15) is 17.4 Å². The van der Waals surface area contributed by atoms with Crippen LogP contribution in [0, 0.1) is 5.82 Å². The molecule has 0 spiro atoms. The molecular weight excluding hydrogens is 325 g/mol. The molecule has 1 aromatic carbocycles. The molecule has 1 atom stereocenters. The van der Waals surface area contributed by atoms with Crippen LogP contribution in [0.25, 0.3) is 0 Å². The van der Waals surface area contributed by atoms with Crippen LogP contribution >= 0.6 is 27.3 Å². The van der Waals surface area contributed by atoms with Crippen LogP contribution in [0.3, 0.4) is 0 Å². The summed E-state index contributed by atoms with van der Waals surface area (Å²) < 4.78 is 14.8. The summed E-state index contributed by atoms with van der Waals surface area (Å²) in [6.07, 6.45) is 1.65. The quantitative estimate of drug-likeness (QED) is 0.820. The highest BCUT2D eigenvalue weighted by molar-refractivity contribution is 9.11. The van der Waals surface area contributed by atoms with Crippen molar-refractivity contribution < 1.29 is 4.39 Å². The third-order valence-electron chi connectivity index (χ3n) is 2.99. The highest BCUT2D eigenvalue weighted by atomic mass is 79.9. The average Bonchev–Trinajstić information content (AvgIpc) is 2.78. The zero-order valence-electron chi connectivity index (χ0n) is 10.8. The third kappa shape index (κ3) is 4.41. The zero-order chi connectivity index (χ0) is 13.7. The molecule has 2 aromatic rings. The summed E-state index contributed by atoms with van der Waals surface area (Å²) in [4.78, 5) is 1.31. The van der Waals surface area contributed by atoms with Crippen molar-refractivity contribution in [1.82, 2.24) is 5.32 Å². The van der Waals surface area contributed by atoms with Crippen molar-refractivity contribution in [1.29, 1.82) is 0 Å². The fourth-order valence-electron chi connectivity index (χ4n) is 2.14. The fourth-order valence-corrected chi connectivity index (χ4v) is 3.70. The molecule has 4 heteroatoms. The van der Waals surface area contributed by atoms with Gasteiger partial charge in [0.25, 0.3) is 0 Å². The zero-order valence-corrected chi connectivity index (χ0v) is 13.2. The van der Waals surface area contributed by atoms with Gasteiger partial charge in [-0.2, -0.15) is 0 Å². The molecule has 1 heterocycles. The summed E-state index contributed by atoms with van der Waals surface area (Å²) in [7, 11) is 0. The van der Waals surface area contributed by atoms with Crippen molar-refractivity contribution in [3.8, 4) is 0 Å². The molecule has 0 aliphatic carbocycles. The highest BCUT2D eigenvalue weighted by Gasteiger charge is 2.13. The second-order valence-corrected chi connectivity index (χ2v) is 7.01. The first-order valence-corrected chi connectivity index (χ1v) is 8.01. The van der Waals surface area contributed by atoms with Crippen molar-refractivity contribution in [2.45, 2.75) is 25.8 Å². The Morgan fingerprint density at radius 3 is 2.63 bits per heavy atom. The molecule has 0 fully saturated rings. The summed E-state index contributed by atoms with van der Waals surface area (Å²) in [5.41, 5.74) is 0.782. The van der Waals surface area contributed by atoms with E-state index in [-0.39, 0.29) is 11.9 Å². The van der Waals surface area contributed by atoms with Gasteiger partial charge in [-0.05, 0) is 59.1 Å². The molecule has 0 aliphatic heterocycles. The van der Waals surface area contributed by atoms with E-state index in [0.717, 1.165) is 28.7 Å². The minimum atomic E-state index is -0.113. The number of thiophene rings is 1. The molecule has 2 rings (SSSR count). The van der Waals surface area contributed by atoms with Crippen LogP contribution < -0.4 is 5.32 Å². The third-order valence-corrected chi connectivity index (χ3v) is 4.64. The van der Waals surface area contributed by atoms with Gasteiger partial charge in [0.15, 0.2) is 0 Å². The Morgan fingerprint density at radius 1 is 1.21 bits per heavy atom. The Hall–Kier alpha value is -0.710. The highest BCUT2D eigenvalue weighted by Crippen LogP contribution is 2.24. The van der Waals surface area contributed by atoms with Gasteiger partial charge in [0.2, 0.25) is 0 Å². The maximum atomic E-state index is 13.7. The molecule has 0 radical (unpaired) electrons. The van der Waals surface area contributed by atoms with Crippen molar-refractivity contribution >= 4 is 27.3 Å². The lowest BCUT2D eigenvalue weighted by atomic mass is 10.0. The molecule has 19 heavy (non-hydrogen) atoms. The van der Waals surface area contributed by atoms with E-state index in [4.69, 9.17) is 0 Å². The number of rotatable bonds is 6. The van der Waals surface area contributed by atoms with Crippen LogP contribution in [0.4, 0.5) is 4.39 Å². The Labute approximate surface area is 126 Å². The summed E-state index contributed by atoms with van der Waals surface area (Å²) in [5.74, 6) is -0.113. The molecule has 0 aliphatic rings. The predicted octanol–water partition coefficient (Wildman–Crippen LogP) is 4.41. The van der Waals surface area contributed by atoms with Gasteiger partial charge in [0.05, 0.1) is 3.79 Å². The molecule has 0 saturated carbocycles. The van der Waals surface area contributed by atoms with E-state index in [2.05, 4.69) is 40.3 Å². The molecule has 0 amide bonds. The topological polar surface area (TPSA) is 12.0 Å². The summed E-state index contributed by atoms with van der Waals surface area (Å²) >= 11 is 5.22. The van der Waals surface area contributed by atoms with Gasteiger partial charge in [0, 0.05) is 10.9 Å². The van der Waals surface area contributed by atoms with Crippen LogP contribution in [0.2, 0.25) is 0 Å². The first kappa shape index (κ1) is 14.7. The molecule has 1 nitrogen and oxygen atoms in total. The van der Waals surface area contributed by atoms with Gasteiger partial charge < -0.3 is 5.32 Å². The van der Waals surface area contributed by atoms with Crippen molar-refractivity contribution in [2.24, 2.45) is 0 Å². The fraction of sp³-hybridized carbons (Fsp3) is 0.333. The van der Waals surface area contributed by atoms with E-state index in [1.54, 1.807) is 17.4 Å². The summed E-state index contributed by atoms with van der Waals surface area (Å²) in [5, 5.41) is 3.44. The summed E-state index contributed by atoms with van der Waals surface area (Å²) in [6, 6.07) is 11.5. The van der Waals surface area contributed by atoms with Gasteiger partial charge in [-0.1, -0.05) is 25.1 Å². The maximum absolute atomic E-state index is 13.7. The second-order valence-electron chi connectivity index (χ2n) is 4.46. The van der Waals surface area contributed by atoms with E-state index in [0.29, 0.717) is 0 Å². The SMILES string of the molecule is CCNC(Cc1ccc(Br)s1)Cc1ccccc1F. The van der Waals surface area contributed by atoms with E-state index in [1.807, 2.05) is 12.1 Å². The predicted molar refractivity (Wildman–Crippen MR) is 83.3 cm³/mol. The lowest BCUT2D eigenvalue weighted by Crippen LogP contribution is -2.33. The normalized spacial score (nSPS) is 12.6. The van der Waals surface area contributed by atoms with Crippen LogP contribution in [0.5, 0.6) is 0 Å². The van der Waals surface area contributed by atoms with E-state index in [9.17, 15) is 4.39 Å². The van der Waals surface area contributed by atoms with Crippen LogP contribution in [-0.2, 0) is 12.8 Å². The Kier molecular flexibility index (Phi) is 5.55. The first-order valence-electron chi connectivity index (χ1n) is 6.40. The molecule has 102 valence electrons. The molecule has 1 aromatic heterocycles. The largest absolute Gasteiger partial charge is 0.314 e. The van der Waals surface area contributed by atoms with Crippen LogP contribution in [0.15, 0.2) is 40.2 Å². The monoisotopic (exact) mass is 341 g/mol. The number of hydrogen-bond donors (Lipinski definition) is 1. The van der Waals surface area contributed by atoms with Gasteiger partial charge in [-0.3, -0.25) is 0 Å². The number of hydrogen-bond acceptors (Lipinski definition) is 2. The van der Waals surface area contributed by atoms with Gasteiger partial charge in [0.1, 0.15) is 5.82 Å². The van der Waals surface area contributed by atoms with Gasteiger partial charge in [-0.25, -0.2) is 4.39 Å². The number of benzene rings is 1. The Morgan fingerprint density at radius 2 is 2.00 bits per heavy atom. The Bertz CT molecular complexity index is 526. The van der Waals surface area contributed by atoms with E-state index < -0.39 is 0 Å². The first-order chi connectivity index (χ1) is 9.19. The molecule has 1 N–H and O–H groups in total. The molecule has 0 saturated heterocycles. The lowest BCUT2D eigenvalue weighted by Gasteiger charge is -2.17. The van der Waals surface area contributed by atoms with E-state index >= 15 is 0 Å². The lowest BCUT2D eigenvalue weighted by molar-refractivity contribution is 0.508. The Balaban J connectivity index is 2.06. The molecular formula is C15H17BrFNS. The van der Waals surface area contributed by atoms with Gasteiger partial charge >= 0.3 is 0 Å². The molecule has 0 bridgehead atoms. The maximum Gasteiger partial charge on any atom is 0.126 e. The standard InChI is InChI=1S/C15H17BrFNS/c1-2-18-12(10-13-7-8-15(16)19-13)9-11-5-3-4-6-14(11)17/h3-8,12,18H,2,9-10H2,1H3. The van der Waals surface area contributed by atoms with E-state index in [1.165, 1.54) is 10.9 Å². The van der Waals surface area contributed by atoms with Crippen molar-refractivity contribution in [3.05, 3.63) is 56.4 Å². The number of likely N-dealkylation sites (N-methyl/N-ethyl adjacent to an activating group) is 1. The number of halogens is 2. The second kappa shape index (κ2) is 7.17. The number of nitrogens with one attached hydrogen (secondary N) is 1.